The molecular formula is C11H17ClFN3O4S2. The Labute approximate surface area is 134 Å². The van der Waals surface area contributed by atoms with Crippen LogP contribution in [0.25, 0.3) is 0 Å². The molecule has 0 aromatic heterocycles. The second-order valence-corrected chi connectivity index (χ2v) is 8.90. The van der Waals surface area contributed by atoms with Crippen LogP contribution in [-0.2, 0) is 20.2 Å². The van der Waals surface area contributed by atoms with E-state index in [-0.39, 0.29) is 23.8 Å². The molecular weight excluding hydrogens is 357 g/mol. The highest BCUT2D eigenvalue weighted by Crippen LogP contribution is 2.24. The molecule has 0 aliphatic rings. The lowest BCUT2D eigenvalue weighted by molar-refractivity contribution is 0.506. The van der Waals surface area contributed by atoms with Gasteiger partial charge in [-0.15, -0.1) is 0 Å². The number of halogens is 2. The first kappa shape index (κ1) is 19.1. The monoisotopic (exact) mass is 373 g/mol. The van der Waals surface area contributed by atoms with Crippen molar-refractivity contribution in [2.45, 2.75) is 0 Å². The Kier molecular flexibility index (Phi) is 6.16. The molecule has 1 aromatic rings. The minimum Gasteiger partial charge on any atom is -0.269 e. The zero-order valence-corrected chi connectivity index (χ0v) is 14.6. The molecule has 1 rings (SSSR count). The zero-order valence-electron chi connectivity index (χ0n) is 12.2. The fraction of sp³-hybridized carbons (Fsp3) is 0.455. The van der Waals surface area contributed by atoms with Crippen molar-refractivity contribution in [3.05, 3.63) is 29.0 Å². The van der Waals surface area contributed by atoms with Gasteiger partial charge >= 0.3 is 0 Å². The second-order valence-electron chi connectivity index (χ2n) is 4.62. The van der Waals surface area contributed by atoms with Crippen LogP contribution in [0.15, 0.2) is 18.2 Å². The molecule has 0 fully saturated rings. The Hall–Kier alpha value is -0.940. The number of hydrogen-bond donors (Lipinski definition) is 1. The van der Waals surface area contributed by atoms with Crippen LogP contribution in [0.5, 0.6) is 0 Å². The van der Waals surface area contributed by atoms with Crippen molar-refractivity contribution in [3.8, 4) is 0 Å². The number of rotatable bonds is 7. The fourth-order valence-electron chi connectivity index (χ4n) is 1.53. The van der Waals surface area contributed by atoms with Crippen LogP contribution in [0.3, 0.4) is 0 Å². The van der Waals surface area contributed by atoms with Gasteiger partial charge in [0, 0.05) is 27.2 Å². The maximum atomic E-state index is 13.2. The van der Waals surface area contributed by atoms with Gasteiger partial charge in [-0.25, -0.2) is 17.5 Å². The van der Waals surface area contributed by atoms with Gasteiger partial charge in [-0.05, 0) is 18.2 Å². The highest BCUT2D eigenvalue weighted by Gasteiger charge is 2.20. The Morgan fingerprint density at radius 2 is 1.82 bits per heavy atom. The SMILES string of the molecule is CN(C)S(=O)(=O)NCCN(c1ccc(F)c(Cl)c1)S(C)(=O)=O. The van der Waals surface area contributed by atoms with Gasteiger partial charge in [0.2, 0.25) is 10.0 Å². The summed E-state index contributed by atoms with van der Waals surface area (Å²) in [5.41, 5.74) is 0.151. The lowest BCUT2D eigenvalue weighted by Gasteiger charge is -2.23. The number of nitrogens with one attached hydrogen (secondary N) is 1. The summed E-state index contributed by atoms with van der Waals surface area (Å²) in [6.07, 6.45) is 0.963. The standard InChI is InChI=1S/C11H17ClFN3O4S2/c1-15(2)22(19,20)14-6-7-16(21(3,17)18)9-4-5-11(13)10(12)8-9/h4-5,8,14H,6-7H2,1-3H3. The Morgan fingerprint density at radius 3 is 2.27 bits per heavy atom. The summed E-state index contributed by atoms with van der Waals surface area (Å²) in [7, 11) is -4.66. The largest absolute Gasteiger partial charge is 0.278 e. The smallest absolute Gasteiger partial charge is 0.269 e. The van der Waals surface area contributed by atoms with E-state index in [1.54, 1.807) is 0 Å². The minimum atomic E-state index is -3.68. The van der Waals surface area contributed by atoms with Crippen molar-refractivity contribution in [2.24, 2.45) is 0 Å². The molecule has 0 atom stereocenters. The Morgan fingerprint density at radius 1 is 1.23 bits per heavy atom. The van der Waals surface area contributed by atoms with Crippen LogP contribution in [0.4, 0.5) is 10.1 Å². The first-order valence-electron chi connectivity index (χ1n) is 6.05. The molecule has 22 heavy (non-hydrogen) atoms. The Balaban J connectivity index is 2.95. The van der Waals surface area contributed by atoms with E-state index in [0.717, 1.165) is 20.9 Å². The normalized spacial score (nSPS) is 12.6. The molecule has 0 saturated carbocycles. The van der Waals surface area contributed by atoms with Gasteiger partial charge in [-0.3, -0.25) is 4.31 Å². The number of anilines is 1. The zero-order chi connectivity index (χ0) is 17.1. The fourth-order valence-corrected chi connectivity index (χ4v) is 3.23. The van der Waals surface area contributed by atoms with Gasteiger partial charge in [-0.1, -0.05) is 11.6 Å². The molecule has 11 heteroatoms. The quantitative estimate of drug-likeness (QED) is 0.760. The molecule has 0 amide bonds. The van der Waals surface area contributed by atoms with Crippen LogP contribution in [0, 0.1) is 5.82 Å². The van der Waals surface area contributed by atoms with E-state index in [2.05, 4.69) is 4.72 Å². The third kappa shape index (κ3) is 5.06. The maximum absolute atomic E-state index is 13.2. The summed E-state index contributed by atoms with van der Waals surface area (Å²) in [6.45, 7) is -0.309. The lowest BCUT2D eigenvalue weighted by atomic mass is 10.3. The van der Waals surface area contributed by atoms with Crippen molar-refractivity contribution in [3.63, 3.8) is 0 Å². The molecule has 0 unspecified atom stereocenters. The molecule has 0 bridgehead atoms. The predicted octanol–water partition coefficient (Wildman–Crippen LogP) is 0.641. The highest BCUT2D eigenvalue weighted by atomic mass is 35.5. The molecule has 0 saturated heterocycles. The molecule has 0 aliphatic heterocycles. The van der Waals surface area contributed by atoms with Crippen molar-refractivity contribution < 1.29 is 21.2 Å². The van der Waals surface area contributed by atoms with E-state index in [1.165, 1.54) is 26.2 Å². The first-order valence-corrected chi connectivity index (χ1v) is 9.71. The predicted molar refractivity (Wildman–Crippen MR) is 84.2 cm³/mol. The summed E-state index contributed by atoms with van der Waals surface area (Å²) in [5, 5.41) is -0.222. The number of sulfonamides is 1. The molecule has 7 nitrogen and oxygen atoms in total. The van der Waals surface area contributed by atoms with Crippen molar-refractivity contribution >= 4 is 37.5 Å². The van der Waals surface area contributed by atoms with Gasteiger partial charge in [0.25, 0.3) is 10.2 Å². The van der Waals surface area contributed by atoms with E-state index in [4.69, 9.17) is 11.6 Å². The summed E-state index contributed by atoms with van der Waals surface area (Å²) >= 11 is 5.64. The van der Waals surface area contributed by atoms with Gasteiger partial charge in [-0.2, -0.15) is 12.7 Å². The molecule has 0 spiro atoms. The number of hydrogen-bond acceptors (Lipinski definition) is 4. The second kappa shape index (κ2) is 7.09. The third-order valence-electron chi connectivity index (χ3n) is 2.67. The van der Waals surface area contributed by atoms with Crippen LogP contribution in [0.1, 0.15) is 0 Å². The van der Waals surface area contributed by atoms with Crippen molar-refractivity contribution in [1.82, 2.24) is 9.03 Å². The molecule has 1 aromatic carbocycles. The van der Waals surface area contributed by atoms with Crippen molar-refractivity contribution in [2.75, 3.05) is 37.7 Å². The lowest BCUT2D eigenvalue weighted by Crippen LogP contribution is -2.42. The van der Waals surface area contributed by atoms with Crippen LogP contribution < -0.4 is 9.03 Å². The van der Waals surface area contributed by atoms with Crippen LogP contribution in [0.2, 0.25) is 5.02 Å². The van der Waals surface area contributed by atoms with E-state index in [1.807, 2.05) is 0 Å². The molecule has 0 radical (unpaired) electrons. The summed E-state index contributed by atoms with van der Waals surface area (Å²) in [4.78, 5) is 0. The van der Waals surface area contributed by atoms with Gasteiger partial charge < -0.3 is 0 Å². The maximum Gasteiger partial charge on any atom is 0.278 e. The van der Waals surface area contributed by atoms with Gasteiger partial charge in [0.1, 0.15) is 5.82 Å². The topological polar surface area (TPSA) is 86.8 Å². The van der Waals surface area contributed by atoms with Crippen LogP contribution >= 0.6 is 11.6 Å². The van der Waals surface area contributed by atoms with E-state index >= 15 is 0 Å². The molecule has 0 aliphatic carbocycles. The molecule has 1 N–H and O–H groups in total. The average Bonchev–Trinajstić information content (AvgIpc) is 2.36. The summed E-state index contributed by atoms with van der Waals surface area (Å²) < 4.78 is 64.1. The van der Waals surface area contributed by atoms with Gasteiger partial charge in [0.05, 0.1) is 17.0 Å². The number of nitrogens with zero attached hydrogens (tertiary/aromatic N) is 2. The van der Waals surface area contributed by atoms with Crippen molar-refractivity contribution in [1.29, 1.82) is 0 Å². The third-order valence-corrected chi connectivity index (χ3v) is 5.69. The van der Waals surface area contributed by atoms with Gasteiger partial charge in [0.15, 0.2) is 0 Å². The van der Waals surface area contributed by atoms with E-state index in [9.17, 15) is 21.2 Å². The van der Waals surface area contributed by atoms with Crippen LogP contribution in [-0.4, -0.2) is 54.6 Å². The minimum absolute atomic E-state index is 0.150. The summed E-state index contributed by atoms with van der Waals surface area (Å²) in [5.74, 6) is -0.674. The highest BCUT2D eigenvalue weighted by molar-refractivity contribution is 7.92. The molecule has 126 valence electrons. The van der Waals surface area contributed by atoms with E-state index in [0.29, 0.717) is 0 Å². The number of benzene rings is 1. The average molecular weight is 374 g/mol. The summed E-state index contributed by atoms with van der Waals surface area (Å²) in [6, 6.07) is 3.46. The van der Waals surface area contributed by atoms with E-state index < -0.39 is 26.0 Å². The Bertz CT molecular complexity index is 738. The molecule has 0 heterocycles. The first-order chi connectivity index (χ1) is 9.95.